The van der Waals surface area contributed by atoms with E-state index in [1.165, 1.54) is 19.9 Å². The zero-order valence-electron chi connectivity index (χ0n) is 12.9. The number of hydrogen-bond acceptors (Lipinski definition) is 3. The van der Waals surface area contributed by atoms with Gasteiger partial charge < -0.3 is 5.32 Å². The van der Waals surface area contributed by atoms with E-state index < -0.39 is 0 Å². The Morgan fingerprint density at radius 2 is 1.80 bits per heavy atom. The summed E-state index contributed by atoms with van der Waals surface area (Å²) in [4.78, 5) is 23.5. The van der Waals surface area contributed by atoms with Crippen molar-refractivity contribution in [1.82, 2.24) is 14.5 Å². The van der Waals surface area contributed by atoms with E-state index >= 15 is 0 Å². The molecule has 0 radical (unpaired) electrons. The molecule has 2 rings (SSSR count). The van der Waals surface area contributed by atoms with E-state index in [-0.39, 0.29) is 11.2 Å². The Labute approximate surface area is 119 Å². The van der Waals surface area contributed by atoms with Gasteiger partial charge in [0, 0.05) is 38.4 Å². The molecule has 1 aliphatic rings. The van der Waals surface area contributed by atoms with Gasteiger partial charge in [0.05, 0.1) is 0 Å². The quantitative estimate of drug-likeness (QED) is 0.903. The molecular weight excluding hydrogens is 254 g/mol. The van der Waals surface area contributed by atoms with Crippen molar-refractivity contribution in [3.05, 3.63) is 32.6 Å². The second kappa shape index (κ2) is 5.56. The third kappa shape index (κ3) is 3.20. The Morgan fingerprint density at radius 1 is 1.20 bits per heavy atom. The minimum atomic E-state index is -0.265. The molecule has 0 unspecified atom stereocenters. The van der Waals surface area contributed by atoms with Crippen molar-refractivity contribution >= 4 is 0 Å². The van der Waals surface area contributed by atoms with Crippen LogP contribution in [0.1, 0.15) is 45.2 Å². The normalized spacial score (nSPS) is 19.2. The largest absolute Gasteiger partial charge is 0.330 e. The third-order valence-electron chi connectivity index (χ3n) is 4.54. The van der Waals surface area contributed by atoms with Gasteiger partial charge in [-0.05, 0) is 31.1 Å². The van der Waals surface area contributed by atoms with Gasteiger partial charge in [0.15, 0.2) is 0 Å². The van der Waals surface area contributed by atoms with Crippen molar-refractivity contribution in [1.29, 1.82) is 0 Å². The number of nitrogens with one attached hydrogen (secondary N) is 1. The summed E-state index contributed by atoms with van der Waals surface area (Å²) in [6, 6.07) is 2.03. The molecule has 0 aromatic carbocycles. The first-order valence-electron chi connectivity index (χ1n) is 7.29. The van der Waals surface area contributed by atoms with Gasteiger partial charge in [-0.1, -0.05) is 13.8 Å². The fraction of sp³-hybridized carbons (Fsp3) is 0.733. The molecular formula is C15H25N3O2. The number of rotatable bonds is 3. The maximum atomic E-state index is 11.8. The van der Waals surface area contributed by atoms with Crippen molar-refractivity contribution in [2.75, 3.05) is 0 Å². The molecule has 1 N–H and O–H groups in total. The number of aromatic nitrogens is 2. The highest BCUT2D eigenvalue weighted by Crippen LogP contribution is 2.34. The van der Waals surface area contributed by atoms with Gasteiger partial charge in [0.1, 0.15) is 0 Å². The standard InChI is InChI=1S/C15H25N3O2/c1-15(2)7-5-11(6-8-15)16-10-12-9-13(19)18(4)14(20)17(12)3/h9,11,16H,5-8,10H2,1-4H3. The molecule has 20 heavy (non-hydrogen) atoms. The summed E-state index contributed by atoms with van der Waals surface area (Å²) in [6.45, 7) is 5.20. The predicted octanol–water partition coefficient (Wildman–Crippen LogP) is 1.14. The Hall–Kier alpha value is -1.36. The second-order valence-corrected chi connectivity index (χ2v) is 6.69. The topological polar surface area (TPSA) is 56.0 Å². The molecule has 112 valence electrons. The van der Waals surface area contributed by atoms with Crippen LogP contribution in [0.3, 0.4) is 0 Å². The van der Waals surface area contributed by atoms with Crippen LogP contribution in [-0.4, -0.2) is 15.2 Å². The Balaban J connectivity index is 2.02. The van der Waals surface area contributed by atoms with Crippen LogP contribution in [0, 0.1) is 5.41 Å². The molecule has 1 saturated carbocycles. The molecule has 0 spiro atoms. The van der Waals surface area contributed by atoms with Gasteiger partial charge in [-0.3, -0.25) is 13.9 Å². The van der Waals surface area contributed by atoms with Crippen molar-refractivity contribution < 1.29 is 0 Å². The van der Waals surface area contributed by atoms with Gasteiger partial charge in [0.2, 0.25) is 0 Å². The van der Waals surface area contributed by atoms with Gasteiger partial charge in [-0.25, -0.2) is 4.79 Å². The molecule has 0 amide bonds. The lowest BCUT2D eigenvalue weighted by molar-refractivity contribution is 0.205. The summed E-state index contributed by atoms with van der Waals surface area (Å²) < 4.78 is 2.67. The minimum Gasteiger partial charge on any atom is -0.308 e. The van der Waals surface area contributed by atoms with Crippen molar-refractivity contribution in [2.45, 2.75) is 52.1 Å². The van der Waals surface area contributed by atoms with Gasteiger partial charge in [0.25, 0.3) is 5.56 Å². The first-order chi connectivity index (χ1) is 9.30. The van der Waals surface area contributed by atoms with E-state index in [1.807, 2.05) is 0 Å². The highest BCUT2D eigenvalue weighted by Gasteiger charge is 2.26. The molecule has 0 atom stereocenters. The summed E-state index contributed by atoms with van der Waals surface area (Å²) in [5.41, 5.74) is 0.699. The maximum Gasteiger partial charge on any atom is 0.330 e. The van der Waals surface area contributed by atoms with Crippen LogP contribution >= 0.6 is 0 Å². The smallest absolute Gasteiger partial charge is 0.308 e. The van der Waals surface area contributed by atoms with E-state index in [2.05, 4.69) is 19.2 Å². The Bertz CT molecular complexity index is 588. The van der Waals surface area contributed by atoms with Crippen LogP contribution < -0.4 is 16.6 Å². The zero-order valence-corrected chi connectivity index (χ0v) is 12.9. The molecule has 0 aliphatic heterocycles. The second-order valence-electron chi connectivity index (χ2n) is 6.69. The fourth-order valence-corrected chi connectivity index (χ4v) is 2.80. The van der Waals surface area contributed by atoms with Gasteiger partial charge >= 0.3 is 5.69 Å². The first kappa shape index (κ1) is 15.0. The molecule has 0 bridgehead atoms. The first-order valence-corrected chi connectivity index (χ1v) is 7.29. The highest BCUT2D eigenvalue weighted by atomic mass is 16.2. The predicted molar refractivity (Wildman–Crippen MR) is 79.8 cm³/mol. The van der Waals surface area contributed by atoms with Gasteiger partial charge in [-0.2, -0.15) is 0 Å². The molecule has 0 saturated heterocycles. The van der Waals surface area contributed by atoms with Gasteiger partial charge in [-0.15, -0.1) is 0 Å². The Morgan fingerprint density at radius 3 is 2.40 bits per heavy atom. The number of hydrogen-bond donors (Lipinski definition) is 1. The third-order valence-corrected chi connectivity index (χ3v) is 4.54. The van der Waals surface area contributed by atoms with E-state index in [4.69, 9.17) is 0 Å². The van der Waals surface area contributed by atoms with E-state index in [1.54, 1.807) is 17.7 Å². The SMILES string of the molecule is Cn1c(CNC2CCC(C)(C)CC2)cc(=O)n(C)c1=O. The molecule has 1 heterocycles. The molecule has 1 aromatic rings. The van der Waals surface area contributed by atoms with E-state index in [9.17, 15) is 9.59 Å². The fourth-order valence-electron chi connectivity index (χ4n) is 2.80. The minimum absolute atomic E-state index is 0.241. The van der Waals surface area contributed by atoms with Crippen LogP contribution in [0.4, 0.5) is 0 Å². The molecule has 1 aromatic heterocycles. The zero-order chi connectivity index (χ0) is 14.9. The van der Waals surface area contributed by atoms with Crippen molar-refractivity contribution in [2.24, 2.45) is 19.5 Å². The molecule has 5 nitrogen and oxygen atoms in total. The number of nitrogens with zero attached hydrogens (tertiary/aromatic N) is 2. The van der Waals surface area contributed by atoms with Crippen LogP contribution in [0.25, 0.3) is 0 Å². The monoisotopic (exact) mass is 279 g/mol. The average Bonchev–Trinajstić information content (AvgIpc) is 2.40. The van der Waals surface area contributed by atoms with Crippen LogP contribution in [0.2, 0.25) is 0 Å². The lowest BCUT2D eigenvalue weighted by Crippen LogP contribution is -2.41. The lowest BCUT2D eigenvalue weighted by atomic mass is 9.75. The van der Waals surface area contributed by atoms with Crippen molar-refractivity contribution in [3.63, 3.8) is 0 Å². The lowest BCUT2D eigenvalue weighted by Gasteiger charge is -2.34. The maximum absolute atomic E-state index is 11.8. The van der Waals surface area contributed by atoms with Crippen LogP contribution in [-0.2, 0) is 20.6 Å². The van der Waals surface area contributed by atoms with E-state index in [0.29, 0.717) is 18.0 Å². The van der Waals surface area contributed by atoms with Crippen LogP contribution in [0.5, 0.6) is 0 Å². The van der Waals surface area contributed by atoms with Crippen LogP contribution in [0.15, 0.2) is 15.7 Å². The Kier molecular flexibility index (Phi) is 4.18. The van der Waals surface area contributed by atoms with E-state index in [0.717, 1.165) is 23.1 Å². The molecule has 1 aliphatic carbocycles. The highest BCUT2D eigenvalue weighted by molar-refractivity contribution is 5.02. The summed E-state index contributed by atoms with van der Waals surface area (Å²) in [5, 5.41) is 3.48. The molecule has 1 fully saturated rings. The summed E-state index contributed by atoms with van der Waals surface area (Å²) in [5.74, 6) is 0. The summed E-state index contributed by atoms with van der Waals surface area (Å²) in [7, 11) is 3.22. The summed E-state index contributed by atoms with van der Waals surface area (Å²) in [6.07, 6.45) is 4.76. The summed E-state index contributed by atoms with van der Waals surface area (Å²) >= 11 is 0. The average molecular weight is 279 g/mol. The van der Waals surface area contributed by atoms with Crippen molar-refractivity contribution in [3.8, 4) is 0 Å². The molecule has 5 heteroatoms.